The van der Waals surface area contributed by atoms with Crippen LogP contribution < -0.4 is 0 Å². The summed E-state index contributed by atoms with van der Waals surface area (Å²) >= 11 is 0. The van der Waals surface area contributed by atoms with Crippen molar-refractivity contribution in [1.82, 2.24) is 0 Å². The predicted molar refractivity (Wildman–Crippen MR) is 76.5 cm³/mol. The Balaban J connectivity index is 0.000000555. The monoisotopic (exact) mass is 266 g/mol. The van der Waals surface area contributed by atoms with Crippen LogP contribution in [-0.2, 0) is 4.74 Å². The van der Waals surface area contributed by atoms with Crippen molar-refractivity contribution in [3.05, 3.63) is 5.41 Å². The fraction of sp³-hybridized carbons (Fsp3) is 0.857. The highest BCUT2D eigenvalue weighted by Crippen LogP contribution is 2.31. The highest BCUT2D eigenvalue weighted by molar-refractivity contribution is 5.46. The minimum Gasteiger partial charge on any atom is -0.422 e. The van der Waals surface area contributed by atoms with Gasteiger partial charge in [0.25, 0.3) is 0 Å². The quantitative estimate of drug-likeness (QED) is 0.447. The molecule has 0 aromatic carbocycles. The molecule has 0 bridgehead atoms. The van der Waals surface area contributed by atoms with Crippen LogP contribution in [0.3, 0.4) is 0 Å². The van der Waals surface area contributed by atoms with Gasteiger partial charge in [-0.3, -0.25) is 4.48 Å². The van der Waals surface area contributed by atoms with E-state index >= 15 is 0 Å². The van der Waals surface area contributed by atoms with Crippen LogP contribution in [0.4, 0.5) is 0 Å². The maximum atomic E-state index is 7.43. The Labute approximate surface area is 117 Å². The number of hydrogen-bond acceptors (Lipinski definition) is 3. The van der Waals surface area contributed by atoms with Gasteiger partial charge in [-0.2, -0.15) is 5.26 Å². The molecule has 0 radical (unpaired) electrons. The van der Waals surface area contributed by atoms with E-state index in [1.807, 2.05) is 0 Å². The number of nitrogens with zero attached hydrogens (tertiary/aromatic N) is 4. The van der Waals surface area contributed by atoms with E-state index in [1.54, 1.807) is 0 Å². The topological polar surface area (TPSA) is 67.7 Å². The largest absolute Gasteiger partial charge is 0.422 e. The first kappa shape index (κ1) is 17.8. The van der Waals surface area contributed by atoms with E-state index < -0.39 is 0 Å². The third-order valence-electron chi connectivity index (χ3n) is 3.60. The minimum atomic E-state index is 0.325. The molecule has 0 N–H and O–H groups in total. The molecule has 108 valence electrons. The molecule has 1 heterocycles. The lowest BCUT2D eigenvalue weighted by Crippen LogP contribution is -2.59. The normalized spacial score (nSPS) is 17.1. The molecule has 19 heavy (non-hydrogen) atoms. The number of hydrogen-bond donors (Lipinski definition) is 0. The number of likely N-dealkylation sites (tertiary alicyclic amines) is 1. The predicted octanol–water partition coefficient (Wildman–Crippen LogP) is 2.99. The highest BCUT2D eigenvalue weighted by Gasteiger charge is 2.42. The van der Waals surface area contributed by atoms with Crippen molar-refractivity contribution in [3.8, 4) is 6.19 Å². The van der Waals surface area contributed by atoms with Crippen LogP contribution in [0.5, 0.6) is 0 Å². The lowest BCUT2D eigenvalue weighted by atomic mass is 10.0. The molecule has 0 aromatic heterocycles. The average molecular weight is 266 g/mol. The number of ether oxygens (including phenoxy) is 1. The van der Waals surface area contributed by atoms with Gasteiger partial charge >= 0.3 is 0 Å². The summed E-state index contributed by atoms with van der Waals surface area (Å²) in [5.74, 6) is 0. The second kappa shape index (κ2) is 8.06. The van der Waals surface area contributed by atoms with Crippen LogP contribution in [0, 0.1) is 11.5 Å². The van der Waals surface area contributed by atoms with Gasteiger partial charge in [0.15, 0.2) is 6.73 Å². The molecule has 1 aliphatic heterocycles. The van der Waals surface area contributed by atoms with Crippen molar-refractivity contribution in [3.63, 3.8) is 0 Å². The van der Waals surface area contributed by atoms with E-state index in [0.29, 0.717) is 11.6 Å². The minimum absolute atomic E-state index is 0.325. The van der Waals surface area contributed by atoms with Crippen LogP contribution in [0.1, 0.15) is 47.5 Å². The fourth-order valence-corrected chi connectivity index (χ4v) is 2.25. The summed E-state index contributed by atoms with van der Waals surface area (Å²) in [4.78, 5) is 2.58. The van der Waals surface area contributed by atoms with Crippen molar-refractivity contribution >= 4 is 6.01 Å². The molecule has 0 amide bonds. The third-order valence-corrected chi connectivity index (χ3v) is 3.60. The molecule has 1 rings (SSSR count). The van der Waals surface area contributed by atoms with Gasteiger partial charge in [0.2, 0.25) is 0 Å². The number of nitriles is 1. The van der Waals surface area contributed by atoms with Crippen LogP contribution in [0.25, 0.3) is 5.41 Å². The van der Waals surface area contributed by atoms with Gasteiger partial charge in [0, 0.05) is 12.8 Å². The van der Waals surface area contributed by atoms with Gasteiger partial charge in [-0.15, -0.1) is 6.01 Å². The first-order valence-corrected chi connectivity index (χ1v) is 6.75. The smallest absolute Gasteiger partial charge is 0.183 e. The maximum Gasteiger partial charge on any atom is 0.183 e. The zero-order chi connectivity index (χ0) is 14.9. The zero-order valence-corrected chi connectivity index (χ0v) is 12.8. The van der Waals surface area contributed by atoms with Crippen molar-refractivity contribution in [1.29, 1.82) is 5.26 Å². The van der Waals surface area contributed by atoms with Crippen LogP contribution in [0.15, 0.2) is 4.99 Å². The van der Waals surface area contributed by atoms with Crippen molar-refractivity contribution in [2.75, 3.05) is 19.8 Å². The summed E-state index contributed by atoms with van der Waals surface area (Å²) in [6, 6.07) is 1.28. The lowest BCUT2D eigenvalue weighted by Gasteiger charge is -2.45. The third kappa shape index (κ3) is 5.98. The number of rotatable bonds is 3. The Morgan fingerprint density at radius 2 is 1.84 bits per heavy atom. The van der Waals surface area contributed by atoms with Crippen molar-refractivity contribution in [2.45, 2.75) is 59.1 Å². The number of aliphatic imine (C=N–C) groups is 1. The Morgan fingerprint density at radius 1 is 1.32 bits per heavy atom. The molecule has 0 aliphatic carbocycles. The van der Waals surface area contributed by atoms with Crippen molar-refractivity contribution in [2.24, 2.45) is 4.99 Å². The second-order valence-corrected chi connectivity index (χ2v) is 6.13. The van der Waals surface area contributed by atoms with Gasteiger partial charge in [-0.1, -0.05) is 0 Å². The van der Waals surface area contributed by atoms with E-state index in [4.69, 9.17) is 15.4 Å². The van der Waals surface area contributed by atoms with Gasteiger partial charge in [0.05, 0.1) is 30.9 Å². The summed E-state index contributed by atoms with van der Waals surface area (Å²) in [6.45, 7) is 14.7. The molecule has 5 heteroatoms. The molecule has 5 nitrogen and oxygen atoms in total. The maximum absolute atomic E-state index is 7.43. The fourth-order valence-electron chi connectivity index (χ4n) is 2.25. The van der Waals surface area contributed by atoms with E-state index in [0.717, 1.165) is 11.2 Å². The molecular formula is C14H26N4O. The molecule has 1 fully saturated rings. The molecule has 0 saturated carbocycles. The second-order valence-electron chi connectivity index (χ2n) is 6.13. The first-order chi connectivity index (χ1) is 8.79. The molecule has 0 spiro atoms. The summed E-state index contributed by atoms with van der Waals surface area (Å²) < 4.78 is 6.97. The average Bonchev–Trinajstić information content (AvgIpc) is 2.77. The standard InChI is InChI=1S/C12H26NO.C2N3/c1-11(2)14-10-13(12(3,4)5)8-6-7-9-13;3-1-5-2-4/h11H,6-10H2,1-5H3;/q+1;-1. The SMILES string of the molecule is CC(C)OC[N+]1(C(C)(C)C)CCCC1.N#CN=C=[N-]. The Bertz CT molecular complexity index is 339. The summed E-state index contributed by atoms with van der Waals surface area (Å²) in [5, 5.41) is 14.9. The molecule has 0 atom stereocenters. The van der Waals surface area contributed by atoms with Gasteiger partial charge in [0.1, 0.15) is 0 Å². The highest BCUT2D eigenvalue weighted by atomic mass is 16.5. The van der Waals surface area contributed by atoms with E-state index in [1.165, 1.54) is 38.1 Å². The Hall–Kier alpha value is -1.21. The van der Waals surface area contributed by atoms with Gasteiger partial charge < -0.3 is 15.1 Å². The molecule has 0 aromatic rings. The molecule has 0 unspecified atom stereocenters. The molecule has 1 saturated heterocycles. The van der Waals surface area contributed by atoms with Crippen LogP contribution >= 0.6 is 0 Å². The molecule has 1 aliphatic rings. The van der Waals surface area contributed by atoms with E-state index in [-0.39, 0.29) is 0 Å². The van der Waals surface area contributed by atoms with Crippen LogP contribution in [-0.4, -0.2) is 42.0 Å². The summed E-state index contributed by atoms with van der Waals surface area (Å²) in [5.41, 5.74) is 0.325. The number of quaternary nitrogens is 1. The van der Waals surface area contributed by atoms with Crippen LogP contribution in [0.2, 0.25) is 0 Å². The van der Waals surface area contributed by atoms with Gasteiger partial charge in [-0.25, -0.2) is 0 Å². The van der Waals surface area contributed by atoms with E-state index in [2.05, 4.69) is 39.6 Å². The molecular weight excluding hydrogens is 240 g/mol. The first-order valence-electron chi connectivity index (χ1n) is 6.75. The Morgan fingerprint density at radius 3 is 2.11 bits per heavy atom. The lowest BCUT2D eigenvalue weighted by molar-refractivity contribution is -0.977. The van der Waals surface area contributed by atoms with E-state index in [9.17, 15) is 0 Å². The zero-order valence-electron chi connectivity index (χ0n) is 12.8. The summed E-state index contributed by atoms with van der Waals surface area (Å²) in [7, 11) is 0. The van der Waals surface area contributed by atoms with Gasteiger partial charge in [-0.05, 0) is 34.6 Å². The van der Waals surface area contributed by atoms with Crippen molar-refractivity contribution < 1.29 is 9.22 Å². The Kier molecular flexibility index (Phi) is 7.55. The summed E-state index contributed by atoms with van der Waals surface area (Å²) in [6.07, 6.45) is 4.36.